The molecule has 4 aliphatic heterocycles. The van der Waals surface area contributed by atoms with Crippen molar-refractivity contribution in [3.05, 3.63) is 109 Å². The lowest BCUT2D eigenvalue weighted by Crippen LogP contribution is -2.68. The van der Waals surface area contributed by atoms with Gasteiger partial charge in [-0.25, -0.2) is 9.18 Å². The van der Waals surface area contributed by atoms with Gasteiger partial charge in [0.2, 0.25) is 0 Å². The largest absolute Gasteiger partial charge is 0.468 e. The molecule has 6 heterocycles. The molecule has 374 valence electrons. The van der Waals surface area contributed by atoms with Gasteiger partial charge in [0, 0.05) is 43.5 Å². The molecule has 4 fully saturated rings. The van der Waals surface area contributed by atoms with Gasteiger partial charge >= 0.3 is 12.1 Å². The van der Waals surface area contributed by atoms with Crippen molar-refractivity contribution < 1.29 is 32.6 Å². The first kappa shape index (κ1) is 48.9. The van der Waals surface area contributed by atoms with Crippen LogP contribution in [0.15, 0.2) is 97.2 Å². The maximum absolute atomic E-state index is 17.8. The number of carbonyl (C=O) groups is 1. The SMILES string of the molecule is CCc1cccc2cc(OCOC)cc(-c3ncc4c(N5CC6CCC(C5)N6C(=O)OC(C)(C)C)nc(OC[C@@H]5CC[C@]6(CO[Si](c7ccccc7)(c7ccccc7)C(C)(C)C)CCCN56)nc4c3F)c12. The van der Waals surface area contributed by atoms with Gasteiger partial charge in [-0.1, -0.05) is 107 Å². The van der Waals surface area contributed by atoms with Gasteiger partial charge in [-0.05, 0) is 116 Å². The van der Waals surface area contributed by atoms with E-state index in [1.54, 1.807) is 13.3 Å². The van der Waals surface area contributed by atoms with Crippen molar-refractivity contribution in [2.45, 2.75) is 128 Å². The lowest BCUT2D eigenvalue weighted by molar-refractivity contribution is 0.0122. The van der Waals surface area contributed by atoms with E-state index in [2.05, 4.69) is 104 Å². The van der Waals surface area contributed by atoms with E-state index in [1.165, 1.54) is 10.4 Å². The molecule has 10 rings (SSSR count). The van der Waals surface area contributed by atoms with Crippen LogP contribution in [0.2, 0.25) is 5.04 Å². The highest BCUT2D eigenvalue weighted by Crippen LogP contribution is 2.46. The molecule has 0 spiro atoms. The summed E-state index contributed by atoms with van der Waals surface area (Å²) in [7, 11) is -1.21. The highest BCUT2D eigenvalue weighted by molar-refractivity contribution is 6.99. The van der Waals surface area contributed by atoms with E-state index in [4.69, 9.17) is 38.3 Å². The van der Waals surface area contributed by atoms with Crippen LogP contribution in [0.4, 0.5) is 15.0 Å². The van der Waals surface area contributed by atoms with Crippen LogP contribution < -0.4 is 24.7 Å². The fourth-order valence-corrected chi connectivity index (χ4v) is 17.0. The summed E-state index contributed by atoms with van der Waals surface area (Å²) in [6.45, 7) is 17.7. The lowest BCUT2D eigenvalue weighted by Gasteiger charge is -2.46. The summed E-state index contributed by atoms with van der Waals surface area (Å²) in [6, 6.07) is 31.6. The third-order valence-electron chi connectivity index (χ3n) is 15.5. The van der Waals surface area contributed by atoms with Crippen molar-refractivity contribution >= 4 is 52.3 Å². The topological polar surface area (TPSA) is 112 Å². The zero-order valence-corrected chi connectivity index (χ0v) is 43.7. The van der Waals surface area contributed by atoms with Crippen LogP contribution in [0, 0.1) is 5.82 Å². The fraction of sp³-hybridized carbons (Fsp3) is 0.474. The third kappa shape index (κ3) is 9.14. The number of carbonyl (C=O) groups excluding carboxylic acids is 1. The molecule has 0 radical (unpaired) electrons. The van der Waals surface area contributed by atoms with E-state index in [9.17, 15) is 4.79 Å². The Hall–Kier alpha value is -5.67. The summed E-state index contributed by atoms with van der Waals surface area (Å²) < 4.78 is 49.3. The number of pyridine rings is 1. The Morgan fingerprint density at radius 3 is 2.21 bits per heavy atom. The molecule has 4 aliphatic rings. The van der Waals surface area contributed by atoms with E-state index in [-0.39, 0.29) is 58.8 Å². The Kier molecular flexibility index (Phi) is 13.4. The second-order valence-corrected chi connectivity index (χ2v) is 26.4. The van der Waals surface area contributed by atoms with E-state index < -0.39 is 19.7 Å². The molecule has 2 aromatic heterocycles. The number of rotatable bonds is 14. The molecule has 2 unspecified atom stereocenters. The molecule has 6 aromatic rings. The number of ether oxygens (including phenoxy) is 4. The second-order valence-electron chi connectivity index (χ2n) is 22.1. The van der Waals surface area contributed by atoms with Crippen LogP contribution in [0.5, 0.6) is 11.8 Å². The van der Waals surface area contributed by atoms with Crippen molar-refractivity contribution in [3.63, 3.8) is 0 Å². The molecule has 12 nitrogen and oxygen atoms in total. The number of aromatic nitrogens is 3. The minimum atomic E-state index is -2.78. The highest BCUT2D eigenvalue weighted by Gasteiger charge is 2.55. The summed E-state index contributed by atoms with van der Waals surface area (Å²) in [5.74, 6) is 0.518. The number of benzene rings is 4. The molecular weight excluding hydrogens is 912 g/mol. The van der Waals surface area contributed by atoms with Gasteiger partial charge in [-0.15, -0.1) is 0 Å². The lowest BCUT2D eigenvalue weighted by atomic mass is 9.95. The summed E-state index contributed by atoms with van der Waals surface area (Å²) in [6.07, 6.45) is 7.82. The van der Waals surface area contributed by atoms with Crippen LogP contribution in [-0.4, -0.2) is 115 Å². The van der Waals surface area contributed by atoms with Crippen molar-refractivity contribution in [2.24, 2.45) is 0 Å². The Balaban J connectivity index is 0.994. The van der Waals surface area contributed by atoms with Crippen molar-refractivity contribution in [3.8, 4) is 23.0 Å². The van der Waals surface area contributed by atoms with Crippen molar-refractivity contribution in [1.29, 1.82) is 0 Å². The number of fused-ring (bicyclic) bond motifs is 5. The van der Waals surface area contributed by atoms with Crippen LogP contribution in [0.1, 0.15) is 92.6 Å². The number of amides is 1. The average molecular weight is 981 g/mol. The Labute approximate surface area is 418 Å². The van der Waals surface area contributed by atoms with Gasteiger partial charge in [-0.2, -0.15) is 9.97 Å². The van der Waals surface area contributed by atoms with Crippen LogP contribution in [-0.2, 0) is 20.3 Å². The zero-order chi connectivity index (χ0) is 49.7. The van der Waals surface area contributed by atoms with E-state index in [1.807, 2.05) is 49.9 Å². The van der Waals surface area contributed by atoms with Crippen LogP contribution in [0.25, 0.3) is 32.9 Å². The number of piperazine rings is 1. The summed E-state index contributed by atoms with van der Waals surface area (Å²) >= 11 is 0. The van der Waals surface area contributed by atoms with Gasteiger partial charge in [0.15, 0.2) is 12.6 Å². The van der Waals surface area contributed by atoms with Crippen LogP contribution >= 0.6 is 0 Å². The molecule has 0 aliphatic carbocycles. The predicted octanol–water partition coefficient (Wildman–Crippen LogP) is 10.1. The summed E-state index contributed by atoms with van der Waals surface area (Å²) in [4.78, 5) is 35.2. The van der Waals surface area contributed by atoms with Gasteiger partial charge in [0.1, 0.15) is 35.0 Å². The molecule has 2 bridgehead atoms. The maximum atomic E-state index is 17.8. The first-order valence-electron chi connectivity index (χ1n) is 25.6. The Bertz CT molecular complexity index is 2840. The normalized spacial score (nSPS) is 21.6. The van der Waals surface area contributed by atoms with Crippen molar-refractivity contribution in [1.82, 2.24) is 24.8 Å². The van der Waals surface area contributed by atoms with Gasteiger partial charge in [0.25, 0.3) is 8.32 Å². The number of nitrogens with zero attached hydrogens (tertiary/aromatic N) is 6. The van der Waals surface area contributed by atoms with Gasteiger partial charge in [0.05, 0.1) is 24.1 Å². The molecule has 0 saturated carbocycles. The average Bonchev–Trinajstić information content (AvgIpc) is 4.01. The van der Waals surface area contributed by atoms with Gasteiger partial charge in [-0.3, -0.25) is 14.8 Å². The monoisotopic (exact) mass is 981 g/mol. The first-order valence-corrected chi connectivity index (χ1v) is 27.5. The zero-order valence-electron chi connectivity index (χ0n) is 42.7. The number of methoxy groups -OCH3 is 1. The highest BCUT2D eigenvalue weighted by atomic mass is 28.4. The summed E-state index contributed by atoms with van der Waals surface area (Å²) in [5.41, 5.74) is 1.20. The third-order valence-corrected chi connectivity index (χ3v) is 20.4. The number of anilines is 1. The first-order chi connectivity index (χ1) is 34.1. The number of aryl methyl sites for hydroxylation is 1. The standard InChI is InChI=1S/C57H69FN6O6Si/c1-9-38-18-16-19-39-30-43(68-37-66-8)31-46(48(38)39)50-49(58)51-47(32-59-50)52(62-33-40-24-25-41(34-62)64(40)54(65)70-55(2,3)4)61-53(60-51)67-35-42-26-28-57(27-17-29-63(42)57)36-69-71(56(5,6)7,44-20-12-10-13-21-44)45-22-14-11-15-23-45/h10-16,18-23,30-32,40-42H,9,17,24-29,33-37H2,1-8H3/t40?,41?,42-,57-/m0/s1. The Morgan fingerprint density at radius 1 is 0.859 bits per heavy atom. The Morgan fingerprint density at radius 2 is 1.56 bits per heavy atom. The second kappa shape index (κ2) is 19.4. The summed E-state index contributed by atoms with van der Waals surface area (Å²) in [5, 5.41) is 4.71. The van der Waals surface area contributed by atoms with Crippen molar-refractivity contribution in [2.75, 3.05) is 51.7 Å². The molecule has 71 heavy (non-hydrogen) atoms. The number of hydrogen-bond acceptors (Lipinski definition) is 11. The minimum absolute atomic E-state index is 0.0415. The maximum Gasteiger partial charge on any atom is 0.410 e. The molecule has 4 aromatic carbocycles. The predicted molar refractivity (Wildman–Crippen MR) is 280 cm³/mol. The quantitative estimate of drug-likeness (QED) is 0.0768. The molecule has 14 heteroatoms. The minimum Gasteiger partial charge on any atom is -0.468 e. The van der Waals surface area contributed by atoms with Gasteiger partial charge < -0.3 is 28.3 Å². The number of halogens is 1. The molecule has 4 saturated heterocycles. The number of hydrogen-bond donors (Lipinski definition) is 0. The van der Waals surface area contributed by atoms with E-state index in [0.29, 0.717) is 48.8 Å². The molecular formula is C57H69FN6O6Si. The smallest absolute Gasteiger partial charge is 0.410 e. The molecule has 4 atom stereocenters. The fourth-order valence-electron chi connectivity index (χ4n) is 12.3. The van der Waals surface area contributed by atoms with Crippen LogP contribution in [0.3, 0.4) is 0 Å². The molecule has 0 N–H and O–H groups in total. The molecule has 1 amide bonds. The van der Waals surface area contributed by atoms with E-state index in [0.717, 1.165) is 67.8 Å². The van der Waals surface area contributed by atoms with E-state index >= 15 is 4.39 Å².